The van der Waals surface area contributed by atoms with Gasteiger partial charge in [-0.3, -0.25) is 0 Å². The van der Waals surface area contributed by atoms with E-state index in [1.165, 1.54) is 55.6 Å². The Balaban J connectivity index is 0.000000455. The number of hydrogen-bond acceptors (Lipinski definition) is 0. The lowest BCUT2D eigenvalue weighted by atomic mass is 9.70. The summed E-state index contributed by atoms with van der Waals surface area (Å²) in [5.74, 6) is 0. The van der Waals surface area contributed by atoms with E-state index in [1.54, 1.807) is 6.08 Å². The summed E-state index contributed by atoms with van der Waals surface area (Å²) in [7, 11) is 0. The third kappa shape index (κ3) is 2.91. The molecule has 32 heavy (non-hydrogen) atoms. The van der Waals surface area contributed by atoms with Gasteiger partial charge in [-0.05, 0) is 65.3 Å². The van der Waals surface area contributed by atoms with Gasteiger partial charge in [0.05, 0.1) is 5.41 Å². The van der Waals surface area contributed by atoms with Crippen LogP contribution in [0, 0.1) is 13.8 Å². The largest absolute Gasteiger partial charge is 0.106 e. The zero-order valence-electron chi connectivity index (χ0n) is 19.3. The maximum Gasteiger partial charge on any atom is 0.0725 e. The lowest BCUT2D eigenvalue weighted by Crippen LogP contribution is -2.26. The first kappa shape index (κ1) is 21.6. The summed E-state index contributed by atoms with van der Waals surface area (Å²) in [6.45, 7) is 15.7. The van der Waals surface area contributed by atoms with Gasteiger partial charge in [0.15, 0.2) is 0 Å². The predicted molar refractivity (Wildman–Crippen MR) is 139 cm³/mol. The highest BCUT2D eigenvalue weighted by Gasteiger charge is 2.51. The Morgan fingerprint density at radius 1 is 0.562 bits per heavy atom. The Kier molecular flexibility index (Phi) is 5.72. The van der Waals surface area contributed by atoms with Gasteiger partial charge < -0.3 is 0 Å². The highest BCUT2D eigenvalue weighted by molar-refractivity contribution is 5.95. The van der Waals surface area contributed by atoms with E-state index in [4.69, 9.17) is 0 Å². The lowest BCUT2D eigenvalue weighted by Gasteiger charge is -2.30. The zero-order valence-corrected chi connectivity index (χ0v) is 19.3. The van der Waals surface area contributed by atoms with Crippen molar-refractivity contribution in [1.29, 1.82) is 0 Å². The number of benzene rings is 4. The summed E-state index contributed by atoms with van der Waals surface area (Å²) in [5, 5.41) is 0. The van der Waals surface area contributed by atoms with Crippen LogP contribution in [0.2, 0.25) is 0 Å². The molecule has 0 heteroatoms. The molecule has 0 N–H and O–H groups in total. The molecule has 2 aliphatic rings. The molecular weight excluding hydrogens is 384 g/mol. The van der Waals surface area contributed by atoms with E-state index in [-0.39, 0.29) is 5.41 Å². The molecule has 0 bridgehead atoms. The fraction of sp³-hybridized carbons (Fsp3) is 0.125. The number of allylic oxidation sites excluding steroid dienone is 1. The minimum Gasteiger partial charge on any atom is -0.106 e. The van der Waals surface area contributed by atoms with Crippen molar-refractivity contribution < 1.29 is 0 Å². The van der Waals surface area contributed by atoms with E-state index in [9.17, 15) is 0 Å². The molecule has 6 rings (SSSR count). The van der Waals surface area contributed by atoms with Crippen LogP contribution in [0.5, 0.6) is 0 Å². The fourth-order valence-electron chi connectivity index (χ4n) is 5.37. The highest BCUT2D eigenvalue weighted by Crippen LogP contribution is 2.62. The summed E-state index contributed by atoms with van der Waals surface area (Å²) in [6.07, 6.45) is 1.75. The van der Waals surface area contributed by atoms with Crippen LogP contribution in [0.1, 0.15) is 40.3 Å². The van der Waals surface area contributed by atoms with Crippen LogP contribution in [0.15, 0.2) is 111 Å². The minimum absolute atomic E-state index is 0.199. The van der Waals surface area contributed by atoms with E-state index in [0.29, 0.717) is 0 Å². The first-order chi connectivity index (χ1) is 15.6. The topological polar surface area (TPSA) is 0 Å². The molecule has 1 spiro atoms. The summed E-state index contributed by atoms with van der Waals surface area (Å²) in [6, 6.07) is 31.9. The molecule has 0 saturated heterocycles. The lowest BCUT2D eigenvalue weighted by molar-refractivity contribution is 0.791. The van der Waals surface area contributed by atoms with Crippen molar-refractivity contribution in [2.45, 2.75) is 26.2 Å². The molecule has 0 unspecified atom stereocenters. The molecule has 158 valence electrons. The second-order valence-corrected chi connectivity index (χ2v) is 8.35. The molecule has 2 aliphatic carbocycles. The average molecular weight is 415 g/mol. The zero-order chi connectivity index (χ0) is 22.9. The number of rotatable bonds is 0. The summed E-state index contributed by atoms with van der Waals surface area (Å²) >= 11 is 0. The molecule has 0 radical (unpaired) electrons. The Bertz CT molecular complexity index is 1210. The van der Waals surface area contributed by atoms with Crippen molar-refractivity contribution in [2.75, 3.05) is 0 Å². The van der Waals surface area contributed by atoms with Crippen molar-refractivity contribution in [3.05, 3.63) is 144 Å². The molecule has 0 aliphatic heterocycles. The van der Waals surface area contributed by atoms with Gasteiger partial charge in [-0.15, -0.1) is 19.7 Å². The third-order valence-corrected chi connectivity index (χ3v) is 6.40. The van der Waals surface area contributed by atoms with E-state index in [0.717, 1.165) is 0 Å². The minimum atomic E-state index is -0.199. The van der Waals surface area contributed by atoms with Crippen LogP contribution in [-0.4, -0.2) is 0 Å². The van der Waals surface area contributed by atoms with E-state index in [2.05, 4.69) is 119 Å². The Labute approximate surface area is 192 Å². The molecule has 0 aromatic heterocycles. The quantitative estimate of drug-likeness (QED) is 0.218. The van der Waals surface area contributed by atoms with Crippen LogP contribution in [0.25, 0.3) is 22.3 Å². The Morgan fingerprint density at radius 2 is 0.906 bits per heavy atom. The maximum atomic E-state index is 3.36. The van der Waals surface area contributed by atoms with Gasteiger partial charge in [-0.2, -0.15) is 0 Å². The van der Waals surface area contributed by atoms with Crippen molar-refractivity contribution in [3.8, 4) is 22.3 Å². The molecule has 4 aromatic carbocycles. The fourth-order valence-corrected chi connectivity index (χ4v) is 5.37. The first-order valence-electron chi connectivity index (χ1n) is 11.1. The SMILES string of the molecule is C=C.C=CC.Cc1ccc2c(c1)C1(c3ccccc3-2)c2ccccc2-c2ccc(C)cc21. The molecule has 0 atom stereocenters. The summed E-state index contributed by atoms with van der Waals surface area (Å²) in [4.78, 5) is 0. The number of hydrogen-bond donors (Lipinski definition) is 0. The van der Waals surface area contributed by atoms with Crippen LogP contribution in [0.3, 0.4) is 0 Å². The summed E-state index contributed by atoms with van der Waals surface area (Å²) < 4.78 is 0. The second kappa shape index (κ2) is 8.48. The molecule has 0 heterocycles. The third-order valence-electron chi connectivity index (χ3n) is 6.40. The van der Waals surface area contributed by atoms with Crippen molar-refractivity contribution in [3.63, 3.8) is 0 Å². The van der Waals surface area contributed by atoms with Crippen molar-refractivity contribution in [1.82, 2.24) is 0 Å². The van der Waals surface area contributed by atoms with Crippen molar-refractivity contribution in [2.24, 2.45) is 0 Å². The van der Waals surface area contributed by atoms with E-state index >= 15 is 0 Å². The van der Waals surface area contributed by atoms with Crippen LogP contribution in [-0.2, 0) is 5.41 Å². The predicted octanol–water partition coefficient (Wildman–Crippen LogP) is 8.64. The van der Waals surface area contributed by atoms with E-state index in [1.807, 2.05) is 6.92 Å². The van der Waals surface area contributed by atoms with Gasteiger partial charge in [-0.1, -0.05) is 102 Å². The monoisotopic (exact) mass is 414 g/mol. The molecular formula is C32H30. The van der Waals surface area contributed by atoms with Gasteiger partial charge in [0, 0.05) is 0 Å². The van der Waals surface area contributed by atoms with Crippen LogP contribution >= 0.6 is 0 Å². The summed E-state index contributed by atoms with van der Waals surface area (Å²) in [5.41, 5.74) is 13.6. The normalized spacial score (nSPS) is 12.8. The van der Waals surface area contributed by atoms with Gasteiger partial charge in [0.1, 0.15) is 0 Å². The second-order valence-electron chi connectivity index (χ2n) is 8.35. The van der Waals surface area contributed by atoms with Gasteiger partial charge in [-0.25, -0.2) is 0 Å². The maximum absolute atomic E-state index is 3.36. The van der Waals surface area contributed by atoms with Crippen LogP contribution in [0.4, 0.5) is 0 Å². The van der Waals surface area contributed by atoms with Gasteiger partial charge in [0.2, 0.25) is 0 Å². The molecule has 0 fully saturated rings. The van der Waals surface area contributed by atoms with Gasteiger partial charge >= 0.3 is 0 Å². The number of aryl methyl sites for hydroxylation is 2. The van der Waals surface area contributed by atoms with Crippen LogP contribution < -0.4 is 0 Å². The first-order valence-corrected chi connectivity index (χ1v) is 11.1. The standard InChI is InChI=1S/C27H20.C3H6.C2H4/c1-17-11-13-21-19-7-3-5-9-23(19)27(25(21)15-17)24-10-6-4-8-20(24)22-14-12-18(2)16-26(22)27;1-3-2;1-2/h3-16H,1-2H3;3H,1H2,2H3;1-2H2. The Morgan fingerprint density at radius 3 is 1.31 bits per heavy atom. The molecule has 4 aromatic rings. The molecule has 0 saturated carbocycles. The molecule has 0 amide bonds. The van der Waals surface area contributed by atoms with Crippen molar-refractivity contribution >= 4 is 0 Å². The Hall–Kier alpha value is -3.64. The average Bonchev–Trinajstić information content (AvgIpc) is 3.27. The number of fused-ring (bicyclic) bond motifs is 10. The molecule has 0 nitrogen and oxygen atoms in total. The van der Waals surface area contributed by atoms with Gasteiger partial charge in [0.25, 0.3) is 0 Å². The smallest absolute Gasteiger partial charge is 0.0725 e. The van der Waals surface area contributed by atoms with E-state index < -0.39 is 0 Å². The highest BCUT2D eigenvalue weighted by atomic mass is 14.5.